The number of hydrogen-bond acceptors (Lipinski definition) is 11. The summed E-state index contributed by atoms with van der Waals surface area (Å²) in [5.41, 5.74) is 2.75. The number of aromatic nitrogens is 2. The van der Waals surface area contributed by atoms with Crippen molar-refractivity contribution in [3.8, 4) is 23.0 Å². The third-order valence-corrected chi connectivity index (χ3v) is 10.0. The van der Waals surface area contributed by atoms with E-state index in [2.05, 4.69) is 20.6 Å². The molecule has 11 nitrogen and oxygen atoms in total. The van der Waals surface area contributed by atoms with Crippen LogP contribution in [0.2, 0.25) is 0 Å². The normalized spacial score (nSPS) is 13.9. The van der Waals surface area contributed by atoms with Crippen LogP contribution < -0.4 is 35.7 Å². The van der Waals surface area contributed by atoms with Gasteiger partial charge in [-0.05, 0) is 43.5 Å². The van der Waals surface area contributed by atoms with E-state index in [0.717, 1.165) is 5.69 Å². The van der Waals surface area contributed by atoms with Gasteiger partial charge in [0, 0.05) is 62.6 Å². The predicted molar refractivity (Wildman–Crippen MR) is 203 cm³/mol. The van der Waals surface area contributed by atoms with Crippen molar-refractivity contribution in [3.05, 3.63) is 109 Å². The number of ether oxygens (including phenoxy) is 3. The van der Waals surface area contributed by atoms with Gasteiger partial charge < -0.3 is 30.0 Å². The molecule has 0 radical (unpaired) electrons. The quantitative estimate of drug-likeness (QED) is 0.103. The molecule has 0 aliphatic heterocycles. The Balaban J connectivity index is 1.64. The second-order valence-electron chi connectivity index (χ2n) is 12.9. The molecule has 0 saturated heterocycles. The van der Waals surface area contributed by atoms with Crippen molar-refractivity contribution in [2.24, 2.45) is 0 Å². The van der Waals surface area contributed by atoms with Gasteiger partial charge in [-0.25, -0.2) is 0 Å². The van der Waals surface area contributed by atoms with Crippen LogP contribution in [0.3, 0.4) is 0 Å². The van der Waals surface area contributed by atoms with Crippen LogP contribution in [-0.4, -0.2) is 42.2 Å². The molecule has 1 unspecified atom stereocenters. The molecule has 0 fully saturated rings. The van der Waals surface area contributed by atoms with Gasteiger partial charge in [0.05, 0.1) is 73.9 Å². The van der Waals surface area contributed by atoms with Crippen LogP contribution in [0, 0.1) is 0 Å². The zero-order chi connectivity index (χ0) is 36.4. The molecule has 0 spiro atoms. The molecule has 0 bridgehead atoms. The first kappa shape index (κ1) is 32.7. The molecule has 3 N–H and O–H groups in total. The predicted octanol–water partition coefficient (Wildman–Crippen LogP) is 6.73. The Bertz CT molecular complexity index is 2730. The molecule has 8 rings (SSSR count). The Kier molecular flexibility index (Phi) is 7.78. The lowest BCUT2D eigenvalue weighted by Gasteiger charge is -2.25. The molecule has 0 saturated carbocycles. The van der Waals surface area contributed by atoms with E-state index in [1.54, 1.807) is 18.5 Å². The minimum Gasteiger partial charge on any atom is -0.507 e. The minimum atomic E-state index is -0.895. The number of carbonyl (C=O) groups excluding carboxylic acids is 1. The van der Waals surface area contributed by atoms with Gasteiger partial charge in [-0.3, -0.25) is 24.4 Å². The fraction of sp³-hybridized carbons (Fsp3) is 0.195. The van der Waals surface area contributed by atoms with Crippen molar-refractivity contribution >= 4 is 66.3 Å². The lowest BCUT2D eigenvalue weighted by molar-refractivity contribution is -0.117. The summed E-state index contributed by atoms with van der Waals surface area (Å²) in [5, 5.41) is 21.7. The average molecular weight is 695 g/mol. The number of Topliss-reactive ketones (excluding diaryl/α,β-unsaturated/α-hetero) is 1. The van der Waals surface area contributed by atoms with Crippen molar-refractivity contribution in [1.29, 1.82) is 0 Å². The maximum atomic E-state index is 14.9. The lowest BCUT2D eigenvalue weighted by atomic mass is 9.80. The zero-order valence-corrected chi connectivity index (χ0v) is 29.1. The SMILES string of the molecule is COc1c2c3c4c(c(NCc5ccccn5)c(=O)c5c(O)cc(OC)c(c6c(OC)cc(NCc7ccccn7)c(c1=O)c63)c54)C=C(C)C2C(C)=O. The number of pyridine rings is 2. The highest BCUT2D eigenvalue weighted by Gasteiger charge is 2.37. The molecule has 260 valence electrons. The summed E-state index contributed by atoms with van der Waals surface area (Å²) in [6.07, 6.45) is 5.19. The van der Waals surface area contributed by atoms with Gasteiger partial charge in [0.2, 0.25) is 10.9 Å². The van der Waals surface area contributed by atoms with E-state index in [9.17, 15) is 19.5 Å². The highest BCUT2D eigenvalue weighted by molar-refractivity contribution is 6.40. The number of phenolic OH excluding ortho intramolecular Hbond substituents is 1. The van der Waals surface area contributed by atoms with Gasteiger partial charge in [0.1, 0.15) is 23.0 Å². The summed E-state index contributed by atoms with van der Waals surface area (Å²) < 4.78 is 17.9. The second-order valence-corrected chi connectivity index (χ2v) is 12.9. The van der Waals surface area contributed by atoms with E-state index in [4.69, 9.17) is 14.2 Å². The number of nitrogens with one attached hydrogen (secondary N) is 2. The fourth-order valence-corrected chi connectivity index (χ4v) is 7.97. The Morgan fingerprint density at radius 3 is 1.94 bits per heavy atom. The number of anilines is 2. The number of benzene rings is 5. The van der Waals surface area contributed by atoms with Crippen molar-refractivity contribution in [2.45, 2.75) is 32.9 Å². The third kappa shape index (κ3) is 4.69. The number of phenols is 1. The second kappa shape index (κ2) is 12.4. The smallest absolute Gasteiger partial charge is 0.230 e. The van der Waals surface area contributed by atoms with Gasteiger partial charge in [0.25, 0.3) is 0 Å². The highest BCUT2D eigenvalue weighted by atomic mass is 16.5. The molecule has 1 atom stereocenters. The maximum Gasteiger partial charge on any atom is 0.230 e. The van der Waals surface area contributed by atoms with Crippen LogP contribution in [-0.2, 0) is 17.9 Å². The Morgan fingerprint density at radius 2 is 1.37 bits per heavy atom. The molecule has 11 heteroatoms. The molecule has 7 aromatic rings. The van der Waals surface area contributed by atoms with E-state index in [0.29, 0.717) is 78.1 Å². The summed E-state index contributed by atoms with van der Waals surface area (Å²) in [4.78, 5) is 52.2. The molecular formula is C41H34N4O7. The maximum absolute atomic E-state index is 14.9. The zero-order valence-electron chi connectivity index (χ0n) is 29.1. The number of aromatic hydroxyl groups is 1. The third-order valence-electron chi connectivity index (χ3n) is 10.0. The number of fused-ring (bicyclic) bond motifs is 1. The van der Waals surface area contributed by atoms with Crippen LogP contribution >= 0.6 is 0 Å². The number of hydrogen-bond donors (Lipinski definition) is 3. The Labute approximate surface area is 297 Å². The molecule has 1 aliphatic carbocycles. The summed E-state index contributed by atoms with van der Waals surface area (Å²) in [5.74, 6) is -0.713. The number of rotatable bonds is 10. The lowest BCUT2D eigenvalue weighted by Crippen LogP contribution is -2.19. The van der Waals surface area contributed by atoms with E-state index >= 15 is 0 Å². The number of allylic oxidation sites excluding steroid dienone is 1. The molecule has 52 heavy (non-hydrogen) atoms. The van der Waals surface area contributed by atoms with E-state index in [1.165, 1.54) is 34.3 Å². The standard InChI is InChI=1S/C41H34N4O7/c1-19-14-23-29-34-31(39(48)38(23)45-18-22-11-7-9-13-43-22)25(47)16-27(51-4)33(34)32-26(50-3)15-24(44-17-21-10-6-8-12-42-21)30-36(32)35(29)37(28(19)20(2)46)41(52-5)40(30)49/h6-16,28,44-45,47H,17-18H2,1-5H3. The monoisotopic (exact) mass is 694 g/mol. The van der Waals surface area contributed by atoms with Crippen molar-refractivity contribution in [2.75, 3.05) is 32.0 Å². The van der Waals surface area contributed by atoms with E-state index in [-0.39, 0.29) is 40.7 Å². The van der Waals surface area contributed by atoms with Gasteiger partial charge >= 0.3 is 0 Å². The Hall–Kier alpha value is -6.49. The van der Waals surface area contributed by atoms with Gasteiger partial charge in [-0.15, -0.1) is 0 Å². The summed E-state index contributed by atoms with van der Waals surface area (Å²) in [6.45, 7) is 3.79. The summed E-state index contributed by atoms with van der Waals surface area (Å²) in [7, 11) is 4.42. The van der Waals surface area contributed by atoms with Gasteiger partial charge in [0.15, 0.2) is 5.75 Å². The van der Waals surface area contributed by atoms with E-state index in [1.807, 2.05) is 49.4 Å². The molecule has 0 amide bonds. The topological polar surface area (TPSA) is 149 Å². The largest absolute Gasteiger partial charge is 0.507 e. The molecule has 1 aliphatic rings. The first-order chi connectivity index (χ1) is 25.2. The molecular weight excluding hydrogens is 660 g/mol. The Morgan fingerprint density at radius 1 is 0.750 bits per heavy atom. The van der Waals surface area contributed by atoms with Crippen LogP contribution in [0.5, 0.6) is 23.0 Å². The van der Waals surface area contributed by atoms with Crippen LogP contribution in [0.4, 0.5) is 11.4 Å². The number of carbonyl (C=O) groups is 1. The van der Waals surface area contributed by atoms with Crippen molar-refractivity contribution in [3.63, 3.8) is 0 Å². The van der Waals surface area contributed by atoms with Crippen LogP contribution in [0.25, 0.3) is 49.2 Å². The number of ketones is 1. The van der Waals surface area contributed by atoms with Gasteiger partial charge in [-0.2, -0.15) is 0 Å². The van der Waals surface area contributed by atoms with Crippen molar-refractivity contribution < 1.29 is 24.1 Å². The van der Waals surface area contributed by atoms with Crippen LogP contribution in [0.1, 0.15) is 42.3 Å². The number of nitrogens with zero attached hydrogens (tertiary/aromatic N) is 2. The first-order valence-electron chi connectivity index (χ1n) is 16.7. The molecule has 2 heterocycles. The molecule has 2 aromatic heterocycles. The van der Waals surface area contributed by atoms with Gasteiger partial charge in [-0.1, -0.05) is 23.8 Å². The summed E-state index contributed by atoms with van der Waals surface area (Å²) >= 11 is 0. The molecule has 5 aromatic carbocycles. The van der Waals surface area contributed by atoms with Crippen LogP contribution in [0.15, 0.2) is 76.1 Å². The fourth-order valence-electron chi connectivity index (χ4n) is 7.97. The summed E-state index contributed by atoms with van der Waals surface area (Å²) in [6, 6.07) is 14.2. The van der Waals surface area contributed by atoms with Crippen molar-refractivity contribution in [1.82, 2.24) is 9.97 Å². The average Bonchev–Trinajstić information content (AvgIpc) is 3.28. The highest BCUT2D eigenvalue weighted by Crippen LogP contribution is 2.55. The van der Waals surface area contributed by atoms with E-state index < -0.39 is 16.8 Å². The minimum absolute atomic E-state index is 0.0122. The number of methoxy groups -OCH3 is 3. The first-order valence-corrected chi connectivity index (χ1v) is 16.7.